The van der Waals surface area contributed by atoms with E-state index in [9.17, 15) is 4.79 Å². The highest BCUT2D eigenvalue weighted by molar-refractivity contribution is 7.08. The number of imidazole rings is 1. The van der Waals surface area contributed by atoms with Gasteiger partial charge in [0.05, 0.1) is 12.0 Å². The molecule has 1 aromatic carbocycles. The number of nitrogens with one attached hydrogen (secondary N) is 1. The van der Waals surface area contributed by atoms with Crippen LogP contribution in [0.2, 0.25) is 0 Å². The molecule has 124 valence electrons. The summed E-state index contributed by atoms with van der Waals surface area (Å²) in [5, 5.41) is 1.02. The maximum Gasteiger partial charge on any atom is 0.266 e. The molecule has 4 aromatic rings. The summed E-state index contributed by atoms with van der Waals surface area (Å²) in [4.78, 5) is 23.1. The highest BCUT2D eigenvalue weighted by atomic mass is 32.1. The molecule has 3 aromatic heterocycles. The van der Waals surface area contributed by atoms with Crippen molar-refractivity contribution in [1.82, 2.24) is 19.2 Å². The van der Waals surface area contributed by atoms with Crippen LogP contribution in [-0.2, 0) is 6.42 Å². The number of amides is 1. The smallest absolute Gasteiger partial charge is 0.266 e. The van der Waals surface area contributed by atoms with Crippen molar-refractivity contribution in [3.05, 3.63) is 70.9 Å². The van der Waals surface area contributed by atoms with Crippen LogP contribution >= 0.6 is 11.5 Å². The Morgan fingerprint density at radius 1 is 1.32 bits per heavy atom. The highest BCUT2D eigenvalue weighted by Crippen LogP contribution is 2.37. The second-order valence-corrected chi connectivity index (χ2v) is 6.81. The maximum absolute atomic E-state index is 13.0. The second kappa shape index (κ2) is 5.56. The first-order valence-electron chi connectivity index (χ1n) is 8.03. The second-order valence-electron chi connectivity index (χ2n) is 5.98. The Morgan fingerprint density at radius 3 is 3.08 bits per heavy atom. The molecule has 0 aliphatic carbocycles. The largest absolute Gasteiger partial charge is 0.458 e. The first kappa shape index (κ1) is 14.4. The number of benzene rings is 1. The average Bonchev–Trinajstić information content (AvgIpc) is 3.39. The first-order chi connectivity index (χ1) is 12.3. The van der Waals surface area contributed by atoms with Gasteiger partial charge in [0.2, 0.25) is 0 Å². The summed E-state index contributed by atoms with van der Waals surface area (Å²) in [7, 11) is 0. The van der Waals surface area contributed by atoms with E-state index in [2.05, 4.69) is 14.3 Å². The molecule has 1 N–H and O–H groups in total. The van der Waals surface area contributed by atoms with E-state index in [0.29, 0.717) is 11.4 Å². The fourth-order valence-electron chi connectivity index (χ4n) is 3.39. The number of carbonyl (C=O) groups is 1. The molecule has 0 radical (unpaired) electrons. The monoisotopic (exact) mass is 350 g/mol. The van der Waals surface area contributed by atoms with Gasteiger partial charge in [-0.3, -0.25) is 4.79 Å². The zero-order valence-electron chi connectivity index (χ0n) is 13.2. The van der Waals surface area contributed by atoms with Crippen LogP contribution in [0.5, 0.6) is 0 Å². The Morgan fingerprint density at radius 2 is 2.24 bits per heavy atom. The van der Waals surface area contributed by atoms with E-state index in [1.54, 1.807) is 18.6 Å². The van der Waals surface area contributed by atoms with Crippen molar-refractivity contribution < 1.29 is 9.21 Å². The molecular weight excluding hydrogens is 336 g/mol. The lowest BCUT2D eigenvalue weighted by molar-refractivity contribution is 0.0678. The van der Waals surface area contributed by atoms with Crippen molar-refractivity contribution in [1.29, 1.82) is 0 Å². The maximum atomic E-state index is 13.0. The predicted molar refractivity (Wildman–Crippen MR) is 93.5 cm³/mol. The number of H-pyrrole nitrogens is 1. The Bertz CT molecular complexity index is 1020. The van der Waals surface area contributed by atoms with Crippen molar-refractivity contribution in [3.63, 3.8) is 0 Å². The number of rotatable bonds is 2. The van der Waals surface area contributed by atoms with Crippen molar-refractivity contribution in [2.24, 2.45) is 0 Å². The molecule has 6 nitrogen and oxygen atoms in total. The lowest BCUT2D eigenvalue weighted by atomic mass is 10.00. The van der Waals surface area contributed by atoms with E-state index in [-0.39, 0.29) is 11.9 Å². The van der Waals surface area contributed by atoms with Gasteiger partial charge in [-0.05, 0) is 29.7 Å². The molecule has 4 heterocycles. The molecule has 1 amide bonds. The van der Waals surface area contributed by atoms with Gasteiger partial charge >= 0.3 is 0 Å². The average molecular weight is 350 g/mol. The summed E-state index contributed by atoms with van der Waals surface area (Å²) in [6.45, 7) is 0.605. The minimum Gasteiger partial charge on any atom is -0.458 e. The Labute approximate surface area is 147 Å². The molecule has 0 fully saturated rings. The van der Waals surface area contributed by atoms with Crippen LogP contribution in [0.3, 0.4) is 0 Å². The summed E-state index contributed by atoms with van der Waals surface area (Å²) >= 11 is 1.21. The van der Waals surface area contributed by atoms with Crippen LogP contribution in [-0.4, -0.2) is 31.7 Å². The van der Waals surface area contributed by atoms with Crippen LogP contribution in [0.4, 0.5) is 0 Å². The number of carbonyl (C=O) groups excluding carboxylic acids is 1. The molecule has 0 saturated carbocycles. The SMILES string of the molecule is O=C(c1ccns1)N1CCc2[nH]cnc2[C@H]1c1cc2ccccc2o1. The third kappa shape index (κ3) is 2.27. The molecule has 0 spiro atoms. The van der Waals surface area contributed by atoms with Crippen LogP contribution in [0, 0.1) is 0 Å². The highest BCUT2D eigenvalue weighted by Gasteiger charge is 2.37. The molecule has 0 bridgehead atoms. The molecule has 1 aliphatic heterocycles. The molecule has 25 heavy (non-hydrogen) atoms. The summed E-state index contributed by atoms with van der Waals surface area (Å²) in [6, 6.07) is 11.3. The number of aromatic nitrogens is 3. The lowest BCUT2D eigenvalue weighted by Gasteiger charge is -2.33. The van der Waals surface area contributed by atoms with E-state index in [1.165, 1.54) is 11.5 Å². The molecule has 0 saturated heterocycles. The van der Waals surface area contributed by atoms with Crippen molar-refractivity contribution in [2.75, 3.05) is 6.54 Å². The van der Waals surface area contributed by atoms with E-state index < -0.39 is 0 Å². The minimum atomic E-state index is -0.336. The molecule has 7 heteroatoms. The Hall–Kier alpha value is -2.93. The molecule has 1 atom stereocenters. The Balaban J connectivity index is 1.64. The standard InChI is InChI=1S/C18H14N4O2S/c23-18(15-5-7-21-25-15)22-8-6-12-16(20-10-19-12)17(22)14-9-11-3-1-2-4-13(11)24-14/h1-5,7,9-10,17H,6,8H2,(H,19,20)/t17-/m1/s1. The first-order valence-corrected chi connectivity index (χ1v) is 8.81. The third-order valence-corrected chi connectivity index (χ3v) is 5.28. The van der Waals surface area contributed by atoms with E-state index in [0.717, 1.165) is 34.5 Å². The fraction of sp³-hybridized carbons (Fsp3) is 0.167. The van der Waals surface area contributed by atoms with Gasteiger partial charge in [-0.2, -0.15) is 0 Å². The number of aromatic amines is 1. The number of hydrogen-bond donors (Lipinski definition) is 1. The van der Waals surface area contributed by atoms with Gasteiger partial charge in [0.1, 0.15) is 22.3 Å². The van der Waals surface area contributed by atoms with Crippen molar-refractivity contribution in [3.8, 4) is 0 Å². The Kier molecular flexibility index (Phi) is 3.21. The van der Waals surface area contributed by atoms with Crippen LogP contribution in [0.15, 0.2) is 53.3 Å². The van der Waals surface area contributed by atoms with Gasteiger partial charge in [0.25, 0.3) is 5.91 Å². The quantitative estimate of drug-likeness (QED) is 0.601. The summed E-state index contributed by atoms with van der Waals surface area (Å²) < 4.78 is 10.1. The summed E-state index contributed by atoms with van der Waals surface area (Å²) in [6.07, 6.45) is 4.08. The number of para-hydroxylation sites is 1. The zero-order chi connectivity index (χ0) is 16.8. The van der Waals surface area contributed by atoms with Gasteiger partial charge in [-0.25, -0.2) is 9.36 Å². The fourth-order valence-corrected chi connectivity index (χ4v) is 3.94. The van der Waals surface area contributed by atoms with Gasteiger partial charge in [0.15, 0.2) is 0 Å². The molecular formula is C18H14N4O2S. The lowest BCUT2D eigenvalue weighted by Crippen LogP contribution is -2.40. The van der Waals surface area contributed by atoms with Gasteiger partial charge < -0.3 is 14.3 Å². The predicted octanol–water partition coefficient (Wildman–Crippen LogP) is 3.40. The summed E-state index contributed by atoms with van der Waals surface area (Å²) in [5.74, 6) is 0.689. The van der Waals surface area contributed by atoms with Crippen molar-refractivity contribution in [2.45, 2.75) is 12.5 Å². The number of nitrogens with zero attached hydrogens (tertiary/aromatic N) is 3. The van der Waals surface area contributed by atoms with E-state index in [1.807, 2.05) is 35.2 Å². The number of furan rings is 1. The molecule has 0 unspecified atom stereocenters. The van der Waals surface area contributed by atoms with Crippen LogP contribution in [0.1, 0.15) is 32.9 Å². The third-order valence-electron chi connectivity index (χ3n) is 4.55. The van der Waals surface area contributed by atoms with Crippen LogP contribution in [0.25, 0.3) is 11.0 Å². The van der Waals surface area contributed by atoms with Gasteiger partial charge in [-0.15, -0.1) is 0 Å². The topological polar surface area (TPSA) is 75.0 Å². The minimum absolute atomic E-state index is 0.0402. The van der Waals surface area contributed by atoms with Gasteiger partial charge in [-0.1, -0.05) is 18.2 Å². The summed E-state index contributed by atoms with van der Waals surface area (Å²) in [5.41, 5.74) is 2.72. The number of hydrogen-bond acceptors (Lipinski definition) is 5. The van der Waals surface area contributed by atoms with Crippen molar-refractivity contribution >= 4 is 28.4 Å². The van der Waals surface area contributed by atoms with E-state index in [4.69, 9.17) is 4.42 Å². The number of fused-ring (bicyclic) bond motifs is 2. The zero-order valence-corrected chi connectivity index (χ0v) is 14.0. The molecule has 5 rings (SSSR count). The normalized spacial score (nSPS) is 17.0. The van der Waals surface area contributed by atoms with E-state index >= 15 is 0 Å². The van der Waals surface area contributed by atoms with Crippen LogP contribution < -0.4 is 0 Å². The van der Waals surface area contributed by atoms with Gasteiger partial charge in [0, 0.05) is 30.2 Å². The molecule has 1 aliphatic rings.